The summed E-state index contributed by atoms with van der Waals surface area (Å²) in [6.07, 6.45) is 2.68. The quantitative estimate of drug-likeness (QED) is 0.570. The molecule has 0 aliphatic carbocycles. The first-order valence-corrected chi connectivity index (χ1v) is 12.3. The van der Waals surface area contributed by atoms with Crippen LogP contribution in [0.1, 0.15) is 78.8 Å². The van der Waals surface area contributed by atoms with Crippen molar-refractivity contribution < 1.29 is 28.3 Å². The average Bonchev–Trinajstić information content (AvgIpc) is 3.29. The number of rotatable bonds is 7. The summed E-state index contributed by atoms with van der Waals surface area (Å²) in [5, 5.41) is 0. The van der Waals surface area contributed by atoms with Crippen molar-refractivity contribution in [2.24, 2.45) is 0 Å². The molecule has 3 fully saturated rings. The lowest BCUT2D eigenvalue weighted by molar-refractivity contribution is -0.185. The van der Waals surface area contributed by atoms with Crippen molar-refractivity contribution in [3.05, 3.63) is 29.8 Å². The van der Waals surface area contributed by atoms with Gasteiger partial charge in [-0.15, -0.1) is 0 Å². The third-order valence-corrected chi connectivity index (χ3v) is 7.59. The third kappa shape index (κ3) is 4.95. The first kappa shape index (κ1) is 24.5. The van der Waals surface area contributed by atoms with E-state index in [-0.39, 0.29) is 29.4 Å². The highest BCUT2D eigenvalue weighted by Gasteiger charge is 2.51. The molecule has 3 aliphatic rings. The number of amides is 1. The van der Waals surface area contributed by atoms with Gasteiger partial charge < -0.3 is 28.4 Å². The molecule has 7 nitrogen and oxygen atoms in total. The Hall–Kier alpha value is -1.61. The van der Waals surface area contributed by atoms with Crippen LogP contribution in [0.3, 0.4) is 0 Å². The molecule has 1 aromatic carbocycles. The van der Waals surface area contributed by atoms with Gasteiger partial charge in [0.25, 0.3) is 0 Å². The molecule has 182 valence electrons. The second kappa shape index (κ2) is 9.21. The zero-order chi connectivity index (χ0) is 23.9. The smallest absolute Gasteiger partial charge is 0.446 e. The van der Waals surface area contributed by atoms with Crippen LogP contribution >= 0.6 is 0 Å². The van der Waals surface area contributed by atoms with Crippen LogP contribution in [0.25, 0.3) is 0 Å². The van der Waals surface area contributed by atoms with Gasteiger partial charge in [-0.05, 0) is 45.6 Å². The molecule has 2 atom stereocenters. The molecule has 0 saturated carbocycles. The lowest BCUT2D eigenvalue weighted by Crippen LogP contribution is -2.46. The zero-order valence-corrected chi connectivity index (χ0v) is 20.9. The van der Waals surface area contributed by atoms with Crippen molar-refractivity contribution in [2.45, 2.75) is 96.4 Å². The number of nitrogens with zero attached hydrogens (tertiary/aromatic N) is 1. The van der Waals surface area contributed by atoms with Crippen LogP contribution in [0.5, 0.6) is 0 Å². The fraction of sp³-hybridized carbons (Fsp3) is 0.720. The first-order valence-electron chi connectivity index (χ1n) is 12.3. The molecular formula is C25H38BNO6. The Morgan fingerprint density at radius 2 is 1.67 bits per heavy atom. The first-order chi connectivity index (χ1) is 15.6. The van der Waals surface area contributed by atoms with E-state index in [4.69, 9.17) is 23.5 Å². The monoisotopic (exact) mass is 459 g/mol. The minimum Gasteiger partial charge on any atom is -0.446 e. The molecule has 0 bridgehead atoms. The van der Waals surface area contributed by atoms with Gasteiger partial charge in [0, 0.05) is 25.8 Å². The molecule has 33 heavy (non-hydrogen) atoms. The summed E-state index contributed by atoms with van der Waals surface area (Å²) < 4.78 is 29.9. The number of ether oxygens (including phenoxy) is 3. The Bertz CT molecular complexity index is 820. The second-order valence-corrected chi connectivity index (χ2v) is 10.5. The van der Waals surface area contributed by atoms with E-state index < -0.39 is 12.9 Å². The van der Waals surface area contributed by atoms with Crippen molar-refractivity contribution in [2.75, 3.05) is 19.8 Å². The minimum absolute atomic E-state index is 0.0885. The summed E-state index contributed by atoms with van der Waals surface area (Å²) in [6, 6.07) is 8.04. The highest BCUT2D eigenvalue weighted by Crippen LogP contribution is 2.37. The summed E-state index contributed by atoms with van der Waals surface area (Å²) in [4.78, 5) is 14.7. The Morgan fingerprint density at radius 3 is 2.21 bits per heavy atom. The predicted octanol–water partition coefficient (Wildman–Crippen LogP) is 4.19. The Balaban J connectivity index is 1.36. The van der Waals surface area contributed by atoms with E-state index in [2.05, 4.69) is 6.92 Å². The maximum absolute atomic E-state index is 12.9. The molecule has 0 aromatic heterocycles. The van der Waals surface area contributed by atoms with Crippen LogP contribution in [0.15, 0.2) is 24.3 Å². The van der Waals surface area contributed by atoms with Crippen LogP contribution in [0, 0.1) is 0 Å². The van der Waals surface area contributed by atoms with Gasteiger partial charge in [-0.1, -0.05) is 37.6 Å². The molecule has 3 heterocycles. The molecule has 0 N–H and O–H groups in total. The zero-order valence-electron chi connectivity index (χ0n) is 20.9. The predicted molar refractivity (Wildman–Crippen MR) is 126 cm³/mol. The largest absolute Gasteiger partial charge is 0.494 e. The topological polar surface area (TPSA) is 66.5 Å². The van der Waals surface area contributed by atoms with Crippen LogP contribution in [0.2, 0.25) is 0 Å². The molecule has 0 unspecified atom stereocenters. The average molecular weight is 459 g/mol. The number of benzene rings is 1. The summed E-state index contributed by atoms with van der Waals surface area (Å²) in [5.41, 5.74) is 1.28. The van der Waals surface area contributed by atoms with Crippen LogP contribution in [-0.4, -0.2) is 61.0 Å². The molecule has 8 heteroatoms. The third-order valence-electron chi connectivity index (χ3n) is 7.59. The van der Waals surface area contributed by atoms with E-state index in [1.165, 1.54) is 0 Å². The van der Waals surface area contributed by atoms with Gasteiger partial charge in [0.1, 0.15) is 6.10 Å². The maximum atomic E-state index is 12.9. The summed E-state index contributed by atoms with van der Waals surface area (Å²) in [6.45, 7) is 14.2. The van der Waals surface area contributed by atoms with Gasteiger partial charge in [-0.3, -0.25) is 0 Å². The van der Waals surface area contributed by atoms with E-state index in [0.29, 0.717) is 26.2 Å². The number of carbonyl (C=O) groups excluding carboxylic acids is 1. The SMILES string of the molecule is CCCC1(C[C@@H]2CCN([C@@H](C)c3ccc(B4OC(C)(C)C(C)(C)O4)cc3)C(=O)O2)OCCO1. The van der Waals surface area contributed by atoms with Gasteiger partial charge in [0.15, 0.2) is 5.79 Å². The maximum Gasteiger partial charge on any atom is 0.494 e. The fourth-order valence-corrected chi connectivity index (χ4v) is 4.82. The Kier molecular flexibility index (Phi) is 6.84. The van der Waals surface area contributed by atoms with Gasteiger partial charge in [0.05, 0.1) is 30.5 Å². The Labute approximate surface area is 198 Å². The van der Waals surface area contributed by atoms with Crippen LogP contribution < -0.4 is 5.46 Å². The van der Waals surface area contributed by atoms with Gasteiger partial charge in [0.2, 0.25) is 0 Å². The van der Waals surface area contributed by atoms with Crippen LogP contribution in [0.4, 0.5) is 4.79 Å². The standard InChI is InChI=1S/C25H38BNO6/c1-7-13-25(29-15-16-30-25)17-21-12-14-27(22(28)31-21)18(2)19-8-10-20(11-9-19)26-32-23(3,4)24(5,6)33-26/h8-11,18,21H,7,12-17H2,1-6H3/t18-,21-/m0/s1. The number of carbonyl (C=O) groups is 1. The normalized spacial score (nSPS) is 27.0. The highest BCUT2D eigenvalue weighted by atomic mass is 16.7. The Morgan fingerprint density at radius 1 is 1.06 bits per heavy atom. The lowest BCUT2D eigenvalue weighted by atomic mass is 9.78. The molecule has 4 rings (SSSR count). The molecule has 3 saturated heterocycles. The second-order valence-electron chi connectivity index (χ2n) is 10.5. The van der Waals surface area contributed by atoms with E-state index in [1.54, 1.807) is 4.90 Å². The number of cyclic esters (lactones) is 1. The summed E-state index contributed by atoms with van der Waals surface area (Å²) >= 11 is 0. The molecule has 0 spiro atoms. The number of hydrogen-bond donors (Lipinski definition) is 0. The van der Waals surface area contributed by atoms with Crippen molar-refractivity contribution in [3.63, 3.8) is 0 Å². The molecule has 1 aromatic rings. The van der Waals surface area contributed by atoms with Crippen molar-refractivity contribution in [1.29, 1.82) is 0 Å². The highest BCUT2D eigenvalue weighted by molar-refractivity contribution is 6.62. The van der Waals surface area contributed by atoms with E-state index in [0.717, 1.165) is 30.3 Å². The van der Waals surface area contributed by atoms with Crippen molar-refractivity contribution in [1.82, 2.24) is 4.90 Å². The minimum atomic E-state index is -0.600. The van der Waals surface area contributed by atoms with Gasteiger partial charge >= 0.3 is 13.2 Å². The van der Waals surface area contributed by atoms with Gasteiger partial charge in [-0.2, -0.15) is 0 Å². The summed E-state index contributed by atoms with van der Waals surface area (Å²) in [5.74, 6) is -0.600. The van der Waals surface area contributed by atoms with Crippen molar-refractivity contribution >= 4 is 18.7 Å². The van der Waals surface area contributed by atoms with Crippen molar-refractivity contribution in [3.8, 4) is 0 Å². The molecular weight excluding hydrogens is 421 g/mol. The van der Waals surface area contributed by atoms with Crippen LogP contribution in [-0.2, 0) is 23.5 Å². The lowest BCUT2D eigenvalue weighted by Gasteiger charge is -2.38. The fourth-order valence-electron chi connectivity index (χ4n) is 4.82. The van der Waals surface area contributed by atoms with E-state index in [9.17, 15) is 4.79 Å². The van der Waals surface area contributed by atoms with Gasteiger partial charge in [-0.25, -0.2) is 4.79 Å². The van der Waals surface area contributed by atoms with E-state index >= 15 is 0 Å². The van der Waals surface area contributed by atoms with E-state index in [1.807, 2.05) is 58.9 Å². The molecule has 0 radical (unpaired) electrons. The molecule has 1 amide bonds. The number of hydrogen-bond acceptors (Lipinski definition) is 6. The molecule has 3 aliphatic heterocycles. The summed E-state index contributed by atoms with van der Waals surface area (Å²) in [7, 11) is -0.393.